The molecule has 0 spiro atoms. The zero-order valence-electron chi connectivity index (χ0n) is 14.5. The minimum atomic E-state index is -3.59. The number of hydrogen-bond donors (Lipinski definition) is 1. The summed E-state index contributed by atoms with van der Waals surface area (Å²) < 4.78 is 33.2. The molecule has 0 aliphatic heterocycles. The summed E-state index contributed by atoms with van der Waals surface area (Å²) >= 11 is 0. The first kappa shape index (κ1) is 18.9. The number of carbonyl (C=O) groups is 1. The van der Waals surface area contributed by atoms with Crippen molar-refractivity contribution in [1.82, 2.24) is 15.5 Å². The van der Waals surface area contributed by atoms with Gasteiger partial charge >= 0.3 is 5.22 Å². The maximum atomic E-state index is 12.3. The topological polar surface area (TPSA) is 111 Å². The fourth-order valence-corrected chi connectivity index (χ4v) is 2.59. The van der Waals surface area contributed by atoms with Crippen LogP contribution < -0.4 is 10.1 Å². The van der Waals surface area contributed by atoms with Crippen molar-refractivity contribution in [3.63, 3.8) is 0 Å². The summed E-state index contributed by atoms with van der Waals surface area (Å²) in [5.74, 6) is 0.484. The Kier molecular flexibility index (Phi) is 5.78. The first-order valence-corrected chi connectivity index (χ1v) is 9.55. The van der Waals surface area contributed by atoms with Gasteiger partial charge in [0.2, 0.25) is 21.6 Å². The van der Waals surface area contributed by atoms with Gasteiger partial charge in [0, 0.05) is 6.26 Å². The van der Waals surface area contributed by atoms with Gasteiger partial charge in [-0.05, 0) is 23.6 Å². The molecule has 1 aromatic heterocycles. The minimum absolute atomic E-state index is 0.0623. The second-order valence-corrected chi connectivity index (χ2v) is 7.89. The van der Waals surface area contributed by atoms with Crippen LogP contribution in [-0.4, -0.2) is 37.9 Å². The molecule has 25 heavy (non-hydrogen) atoms. The van der Waals surface area contributed by atoms with Crippen molar-refractivity contribution >= 4 is 15.7 Å². The molecule has 1 N–H and O–H groups in total. The molecule has 0 radical (unpaired) electrons. The van der Waals surface area contributed by atoms with Crippen LogP contribution in [0.25, 0.3) is 0 Å². The predicted octanol–water partition coefficient (Wildman–Crippen LogP) is 1.54. The average Bonchev–Trinajstić information content (AvgIpc) is 3.03. The molecular formula is C16H21N3O5S. The zero-order chi connectivity index (χ0) is 18.6. The van der Waals surface area contributed by atoms with E-state index in [0.29, 0.717) is 5.75 Å². The molecule has 2 rings (SSSR count). The van der Waals surface area contributed by atoms with Gasteiger partial charge < -0.3 is 14.5 Å². The molecule has 9 heteroatoms. The first-order chi connectivity index (χ1) is 11.7. The summed E-state index contributed by atoms with van der Waals surface area (Å²) in [5.41, 5.74) is 0.822. The number of carbonyl (C=O) groups excluding carboxylic acids is 1. The highest BCUT2D eigenvalue weighted by molar-refractivity contribution is 7.90. The van der Waals surface area contributed by atoms with Gasteiger partial charge in [0.05, 0.1) is 13.5 Å². The van der Waals surface area contributed by atoms with Gasteiger partial charge in [-0.25, -0.2) is 8.42 Å². The van der Waals surface area contributed by atoms with Crippen molar-refractivity contribution < 1.29 is 22.4 Å². The molecule has 1 atom stereocenters. The number of aromatic nitrogens is 2. The highest BCUT2D eigenvalue weighted by Gasteiger charge is 2.26. The Labute approximate surface area is 146 Å². The number of rotatable bonds is 7. The molecule has 0 saturated carbocycles. The smallest absolute Gasteiger partial charge is 0.335 e. The van der Waals surface area contributed by atoms with Gasteiger partial charge in [-0.3, -0.25) is 4.79 Å². The van der Waals surface area contributed by atoms with E-state index in [9.17, 15) is 13.2 Å². The van der Waals surface area contributed by atoms with Crippen LogP contribution in [0.5, 0.6) is 5.75 Å². The van der Waals surface area contributed by atoms with Gasteiger partial charge in [-0.2, -0.15) is 0 Å². The van der Waals surface area contributed by atoms with Crippen LogP contribution in [0.3, 0.4) is 0 Å². The number of ether oxygens (including phenoxy) is 1. The summed E-state index contributed by atoms with van der Waals surface area (Å²) in [5, 5.41) is 9.64. The molecule has 1 aromatic carbocycles. The van der Waals surface area contributed by atoms with Gasteiger partial charge in [-0.1, -0.05) is 31.1 Å². The van der Waals surface area contributed by atoms with Crippen molar-refractivity contribution in [2.45, 2.75) is 31.5 Å². The molecule has 0 unspecified atom stereocenters. The number of sulfone groups is 1. The Morgan fingerprint density at radius 1 is 1.24 bits per heavy atom. The second kappa shape index (κ2) is 7.64. The Morgan fingerprint density at radius 2 is 1.88 bits per heavy atom. The zero-order valence-corrected chi connectivity index (χ0v) is 15.3. The minimum Gasteiger partial charge on any atom is -0.497 e. The van der Waals surface area contributed by atoms with E-state index >= 15 is 0 Å². The summed E-state index contributed by atoms with van der Waals surface area (Å²) in [6.45, 7) is 3.73. The summed E-state index contributed by atoms with van der Waals surface area (Å²) in [7, 11) is -2.02. The van der Waals surface area contributed by atoms with Crippen LogP contribution in [-0.2, 0) is 21.1 Å². The Bertz CT molecular complexity index is 828. The number of nitrogens with one attached hydrogen (secondary N) is 1. The first-order valence-electron chi connectivity index (χ1n) is 7.66. The maximum absolute atomic E-state index is 12.3. The fraction of sp³-hybridized carbons (Fsp3) is 0.438. The lowest BCUT2D eigenvalue weighted by molar-refractivity contribution is -0.121. The van der Waals surface area contributed by atoms with Crippen LogP contribution in [0.4, 0.5) is 0 Å². The highest BCUT2D eigenvalue weighted by atomic mass is 32.2. The van der Waals surface area contributed by atoms with Crippen molar-refractivity contribution in [3.05, 3.63) is 35.7 Å². The lowest BCUT2D eigenvalue weighted by Crippen LogP contribution is -2.33. The van der Waals surface area contributed by atoms with Crippen molar-refractivity contribution in [3.8, 4) is 5.75 Å². The lowest BCUT2D eigenvalue weighted by Gasteiger charge is -2.18. The van der Waals surface area contributed by atoms with E-state index in [1.165, 1.54) is 0 Å². The maximum Gasteiger partial charge on any atom is 0.335 e. The van der Waals surface area contributed by atoms with E-state index in [-0.39, 0.29) is 24.1 Å². The average molecular weight is 367 g/mol. The van der Waals surface area contributed by atoms with Crippen LogP contribution in [0, 0.1) is 5.92 Å². The lowest BCUT2D eigenvalue weighted by atomic mass is 10.0. The Hall–Kier alpha value is -2.42. The van der Waals surface area contributed by atoms with Crippen molar-refractivity contribution in [2.75, 3.05) is 13.4 Å². The largest absolute Gasteiger partial charge is 0.497 e. The number of methoxy groups -OCH3 is 1. The monoisotopic (exact) mass is 367 g/mol. The Morgan fingerprint density at radius 3 is 2.36 bits per heavy atom. The van der Waals surface area contributed by atoms with Gasteiger partial charge in [-0.15, -0.1) is 5.10 Å². The van der Waals surface area contributed by atoms with Crippen LogP contribution in [0.1, 0.15) is 31.3 Å². The molecule has 0 bridgehead atoms. The third kappa shape index (κ3) is 5.02. The van der Waals surface area contributed by atoms with Gasteiger partial charge in [0.25, 0.3) is 0 Å². The molecule has 1 heterocycles. The highest BCUT2D eigenvalue weighted by Crippen LogP contribution is 2.22. The van der Waals surface area contributed by atoms with E-state index in [1.807, 2.05) is 13.8 Å². The normalized spacial score (nSPS) is 12.8. The second-order valence-electron chi connectivity index (χ2n) is 5.99. The molecule has 136 valence electrons. The van der Waals surface area contributed by atoms with Crippen molar-refractivity contribution in [2.24, 2.45) is 5.92 Å². The predicted molar refractivity (Wildman–Crippen MR) is 89.8 cm³/mol. The van der Waals surface area contributed by atoms with Crippen molar-refractivity contribution in [1.29, 1.82) is 0 Å². The van der Waals surface area contributed by atoms with E-state index in [4.69, 9.17) is 9.15 Å². The summed E-state index contributed by atoms with van der Waals surface area (Å²) in [6.07, 6.45) is 1.15. The van der Waals surface area contributed by atoms with E-state index in [2.05, 4.69) is 15.5 Å². The van der Waals surface area contributed by atoms with Crippen LogP contribution >= 0.6 is 0 Å². The molecule has 0 fully saturated rings. The fourth-order valence-electron chi connectivity index (χ4n) is 2.16. The third-order valence-electron chi connectivity index (χ3n) is 3.51. The molecule has 1 amide bonds. The molecule has 2 aromatic rings. The van der Waals surface area contributed by atoms with Gasteiger partial charge in [0.15, 0.2) is 0 Å². The Balaban J connectivity index is 2.10. The van der Waals surface area contributed by atoms with Gasteiger partial charge in [0.1, 0.15) is 11.8 Å². The summed E-state index contributed by atoms with van der Waals surface area (Å²) in [4.78, 5) is 12.3. The molecule has 0 aliphatic carbocycles. The van der Waals surface area contributed by atoms with E-state index < -0.39 is 21.1 Å². The third-order valence-corrected chi connectivity index (χ3v) is 4.31. The molecule has 0 aliphatic rings. The number of hydrogen-bond acceptors (Lipinski definition) is 7. The number of nitrogens with zero attached hydrogens (tertiary/aromatic N) is 2. The standard InChI is InChI=1S/C16H21N3O5S/c1-10(2)14(15-18-19-16(24-15)25(4,21)22)17-13(20)9-11-5-7-12(23-3)8-6-11/h5-8,10,14H,9H2,1-4H3,(H,17,20)/t14-/m0/s1. The molecule has 8 nitrogen and oxygen atoms in total. The van der Waals surface area contributed by atoms with Crippen LogP contribution in [0.15, 0.2) is 33.9 Å². The quantitative estimate of drug-likeness (QED) is 0.790. The van der Waals surface area contributed by atoms with E-state index in [1.54, 1.807) is 31.4 Å². The van der Waals surface area contributed by atoms with Crippen LogP contribution in [0.2, 0.25) is 0 Å². The summed E-state index contributed by atoms with van der Waals surface area (Å²) in [6, 6.07) is 6.58. The number of amides is 1. The molecule has 0 saturated heterocycles. The molecular weight excluding hydrogens is 346 g/mol. The SMILES string of the molecule is COc1ccc(CC(=O)N[C@H](c2nnc(S(C)(=O)=O)o2)C(C)C)cc1. The number of benzene rings is 1. The van der Waals surface area contributed by atoms with E-state index in [0.717, 1.165) is 11.8 Å².